The van der Waals surface area contributed by atoms with Crippen molar-refractivity contribution in [3.63, 3.8) is 0 Å². The maximum Gasteiger partial charge on any atom is 0.272 e. The fourth-order valence-electron chi connectivity index (χ4n) is 3.94. The summed E-state index contributed by atoms with van der Waals surface area (Å²) in [6.07, 6.45) is 4.15. The molecule has 150 valence electrons. The molecule has 2 aromatic carbocycles. The molecule has 2 atom stereocenters. The van der Waals surface area contributed by atoms with Crippen LogP contribution in [0.15, 0.2) is 53.3 Å². The summed E-state index contributed by atoms with van der Waals surface area (Å²) in [4.78, 5) is 24.4. The van der Waals surface area contributed by atoms with Crippen molar-refractivity contribution < 1.29 is 4.79 Å². The number of amides is 1. The van der Waals surface area contributed by atoms with Gasteiger partial charge in [-0.05, 0) is 49.4 Å². The van der Waals surface area contributed by atoms with Gasteiger partial charge in [0.15, 0.2) is 5.82 Å². The standard InChI is InChI=1S/C22H23ClN4O2/c23-15-10-8-14(9-11-15)12-20(28)24-16-4-3-5-17(13-16)25-21-18-6-1-2-7-19(18)22(29)27-26-21/h1-2,6-11,16-17H,3-5,12-13H2,(H,24,28)(H,25,26)(H,27,29). The van der Waals surface area contributed by atoms with Crippen LogP contribution in [-0.2, 0) is 11.2 Å². The van der Waals surface area contributed by atoms with Gasteiger partial charge in [-0.3, -0.25) is 9.59 Å². The number of nitrogens with zero attached hydrogens (tertiary/aromatic N) is 1. The van der Waals surface area contributed by atoms with Crippen molar-refractivity contribution in [3.8, 4) is 0 Å². The van der Waals surface area contributed by atoms with E-state index in [0.717, 1.165) is 36.6 Å². The van der Waals surface area contributed by atoms with Crippen LogP contribution in [0.2, 0.25) is 5.02 Å². The largest absolute Gasteiger partial charge is 0.365 e. The van der Waals surface area contributed by atoms with E-state index in [1.807, 2.05) is 30.3 Å². The number of nitrogens with one attached hydrogen (secondary N) is 3. The molecule has 1 saturated carbocycles. The maximum absolute atomic E-state index is 12.4. The van der Waals surface area contributed by atoms with Gasteiger partial charge in [-0.2, -0.15) is 5.10 Å². The molecule has 4 rings (SSSR count). The lowest BCUT2D eigenvalue weighted by molar-refractivity contribution is -0.121. The van der Waals surface area contributed by atoms with Crippen LogP contribution >= 0.6 is 11.6 Å². The molecule has 1 aliphatic rings. The number of benzene rings is 2. The number of H-pyrrole nitrogens is 1. The predicted octanol–water partition coefficient (Wildman–Crippen LogP) is 3.66. The highest BCUT2D eigenvalue weighted by Gasteiger charge is 2.24. The highest BCUT2D eigenvalue weighted by Crippen LogP contribution is 2.24. The Kier molecular flexibility index (Phi) is 5.81. The summed E-state index contributed by atoms with van der Waals surface area (Å²) < 4.78 is 0. The normalized spacial score (nSPS) is 19.1. The Labute approximate surface area is 173 Å². The molecule has 1 aromatic heterocycles. The summed E-state index contributed by atoms with van der Waals surface area (Å²) in [6, 6.07) is 15.1. The zero-order valence-electron chi connectivity index (χ0n) is 16.0. The molecule has 1 fully saturated rings. The first-order valence-electron chi connectivity index (χ1n) is 9.86. The molecular weight excluding hydrogens is 388 g/mol. The van der Waals surface area contributed by atoms with Crippen LogP contribution in [0.4, 0.5) is 5.82 Å². The van der Waals surface area contributed by atoms with E-state index in [9.17, 15) is 9.59 Å². The van der Waals surface area contributed by atoms with Gasteiger partial charge in [-0.15, -0.1) is 0 Å². The number of hydrogen-bond donors (Lipinski definition) is 3. The Balaban J connectivity index is 1.39. The molecule has 0 spiro atoms. The van der Waals surface area contributed by atoms with Crippen LogP contribution in [0.5, 0.6) is 0 Å². The van der Waals surface area contributed by atoms with E-state index >= 15 is 0 Å². The zero-order valence-corrected chi connectivity index (χ0v) is 16.7. The van der Waals surface area contributed by atoms with Crippen LogP contribution in [-0.4, -0.2) is 28.2 Å². The lowest BCUT2D eigenvalue weighted by atomic mass is 9.90. The van der Waals surface area contributed by atoms with Gasteiger partial charge in [0.2, 0.25) is 5.91 Å². The fraction of sp³-hybridized carbons (Fsp3) is 0.318. The van der Waals surface area contributed by atoms with Crippen LogP contribution in [0.3, 0.4) is 0 Å². The van der Waals surface area contributed by atoms with Crippen molar-refractivity contribution in [2.24, 2.45) is 0 Å². The third kappa shape index (κ3) is 4.77. The second kappa shape index (κ2) is 8.66. The van der Waals surface area contributed by atoms with Crippen LogP contribution in [0.1, 0.15) is 31.2 Å². The Morgan fingerprint density at radius 3 is 2.59 bits per heavy atom. The number of halogens is 1. The first-order chi connectivity index (χ1) is 14.1. The van der Waals surface area contributed by atoms with Crippen molar-refractivity contribution >= 4 is 34.1 Å². The van der Waals surface area contributed by atoms with Gasteiger partial charge in [0.1, 0.15) is 0 Å². The number of hydrogen-bond acceptors (Lipinski definition) is 4. The predicted molar refractivity (Wildman–Crippen MR) is 115 cm³/mol. The molecule has 0 radical (unpaired) electrons. The Hall–Kier alpha value is -2.86. The minimum atomic E-state index is -0.192. The summed E-state index contributed by atoms with van der Waals surface area (Å²) >= 11 is 5.90. The van der Waals surface area contributed by atoms with E-state index in [1.54, 1.807) is 18.2 Å². The molecule has 0 bridgehead atoms. The number of carbonyl (C=O) groups excluding carboxylic acids is 1. The highest BCUT2D eigenvalue weighted by molar-refractivity contribution is 6.30. The van der Waals surface area contributed by atoms with Gasteiger partial charge in [-0.1, -0.05) is 41.9 Å². The number of fused-ring (bicyclic) bond motifs is 1. The first kappa shape index (κ1) is 19.5. The van der Waals surface area contributed by atoms with Crippen LogP contribution in [0.25, 0.3) is 10.8 Å². The van der Waals surface area contributed by atoms with E-state index in [4.69, 9.17) is 11.6 Å². The second-order valence-corrected chi connectivity index (χ2v) is 7.96. The monoisotopic (exact) mass is 410 g/mol. The summed E-state index contributed by atoms with van der Waals surface area (Å²) in [7, 11) is 0. The highest BCUT2D eigenvalue weighted by atomic mass is 35.5. The summed E-state index contributed by atoms with van der Waals surface area (Å²) in [5.41, 5.74) is 0.753. The van der Waals surface area contributed by atoms with Gasteiger partial charge in [0, 0.05) is 22.5 Å². The van der Waals surface area contributed by atoms with E-state index in [-0.39, 0.29) is 23.6 Å². The average Bonchev–Trinajstić information content (AvgIpc) is 2.72. The number of carbonyl (C=O) groups is 1. The number of rotatable bonds is 5. The Morgan fingerprint density at radius 1 is 1.07 bits per heavy atom. The third-order valence-electron chi connectivity index (χ3n) is 5.35. The SMILES string of the molecule is O=C(Cc1ccc(Cl)cc1)NC1CCCC(Nc2n[nH]c(=O)c3ccccc23)C1. The molecular formula is C22H23ClN4O2. The third-order valence-corrected chi connectivity index (χ3v) is 5.61. The molecule has 0 saturated heterocycles. The molecule has 6 nitrogen and oxygen atoms in total. The first-order valence-corrected chi connectivity index (χ1v) is 10.2. The molecule has 1 aliphatic carbocycles. The van der Waals surface area contributed by atoms with E-state index in [1.165, 1.54) is 0 Å². The molecule has 3 N–H and O–H groups in total. The number of anilines is 1. The molecule has 1 heterocycles. The van der Waals surface area contributed by atoms with Crippen molar-refractivity contribution in [2.75, 3.05) is 5.32 Å². The molecule has 1 amide bonds. The second-order valence-electron chi connectivity index (χ2n) is 7.52. The van der Waals surface area contributed by atoms with Crippen molar-refractivity contribution in [2.45, 2.75) is 44.2 Å². The van der Waals surface area contributed by atoms with Crippen molar-refractivity contribution in [1.82, 2.24) is 15.5 Å². The van der Waals surface area contributed by atoms with Gasteiger partial charge in [0.05, 0.1) is 11.8 Å². The zero-order chi connectivity index (χ0) is 20.2. The summed E-state index contributed by atoms with van der Waals surface area (Å²) in [6.45, 7) is 0. The molecule has 0 aliphatic heterocycles. The smallest absolute Gasteiger partial charge is 0.272 e. The summed E-state index contributed by atoms with van der Waals surface area (Å²) in [5, 5.41) is 15.5. The maximum atomic E-state index is 12.4. The van der Waals surface area contributed by atoms with Gasteiger partial charge < -0.3 is 10.6 Å². The van der Waals surface area contributed by atoms with E-state index in [2.05, 4.69) is 20.8 Å². The molecule has 2 unspecified atom stereocenters. The Morgan fingerprint density at radius 2 is 1.79 bits per heavy atom. The molecule has 3 aromatic rings. The minimum absolute atomic E-state index is 0.0191. The average molecular weight is 411 g/mol. The van der Waals surface area contributed by atoms with E-state index in [0.29, 0.717) is 22.6 Å². The molecule has 7 heteroatoms. The van der Waals surface area contributed by atoms with Gasteiger partial charge in [-0.25, -0.2) is 5.10 Å². The quantitative estimate of drug-likeness (QED) is 0.599. The van der Waals surface area contributed by atoms with Crippen LogP contribution in [0, 0.1) is 0 Å². The van der Waals surface area contributed by atoms with Gasteiger partial charge >= 0.3 is 0 Å². The minimum Gasteiger partial charge on any atom is -0.365 e. The Bertz CT molecular complexity index is 1060. The number of aromatic amines is 1. The lowest BCUT2D eigenvalue weighted by Crippen LogP contribution is -2.42. The fourth-order valence-corrected chi connectivity index (χ4v) is 4.06. The van der Waals surface area contributed by atoms with Crippen molar-refractivity contribution in [1.29, 1.82) is 0 Å². The summed E-state index contributed by atoms with van der Waals surface area (Å²) in [5.74, 6) is 0.698. The molecule has 29 heavy (non-hydrogen) atoms. The number of aromatic nitrogens is 2. The lowest BCUT2D eigenvalue weighted by Gasteiger charge is -2.30. The van der Waals surface area contributed by atoms with Gasteiger partial charge in [0.25, 0.3) is 5.56 Å². The topological polar surface area (TPSA) is 86.9 Å². The van der Waals surface area contributed by atoms with E-state index < -0.39 is 0 Å². The van der Waals surface area contributed by atoms with Crippen LogP contribution < -0.4 is 16.2 Å². The van der Waals surface area contributed by atoms with Crippen molar-refractivity contribution in [3.05, 3.63) is 69.5 Å².